The largest absolute Gasteiger partial charge is 0.350 e. The summed E-state index contributed by atoms with van der Waals surface area (Å²) in [5, 5.41) is 10.7. The molecule has 1 aromatic heterocycles. The predicted octanol–water partition coefficient (Wildman–Crippen LogP) is 0.854. The van der Waals surface area contributed by atoms with Gasteiger partial charge in [-0.15, -0.1) is 0 Å². The molecule has 0 radical (unpaired) electrons. The minimum Gasteiger partial charge on any atom is -0.350 e. The summed E-state index contributed by atoms with van der Waals surface area (Å²) < 4.78 is 1.70. The van der Waals surface area contributed by atoms with Crippen LogP contribution in [-0.4, -0.2) is 34.3 Å². The van der Waals surface area contributed by atoms with Crippen molar-refractivity contribution in [3.8, 4) is 0 Å². The zero-order valence-corrected chi connectivity index (χ0v) is 11.4. The van der Waals surface area contributed by atoms with Crippen LogP contribution < -0.4 is 10.6 Å². The lowest BCUT2D eigenvalue weighted by atomic mass is 10.0. The molecule has 1 unspecified atom stereocenters. The highest BCUT2D eigenvalue weighted by molar-refractivity contribution is 5.95. The lowest BCUT2D eigenvalue weighted by Gasteiger charge is -2.24. The van der Waals surface area contributed by atoms with Gasteiger partial charge < -0.3 is 10.6 Å². The van der Waals surface area contributed by atoms with Gasteiger partial charge in [0, 0.05) is 25.3 Å². The van der Waals surface area contributed by atoms with Gasteiger partial charge in [-0.1, -0.05) is 6.92 Å². The molecule has 1 aliphatic heterocycles. The van der Waals surface area contributed by atoms with Gasteiger partial charge in [0.1, 0.15) is 0 Å². The first-order valence-corrected chi connectivity index (χ1v) is 6.60. The lowest BCUT2D eigenvalue weighted by Crippen LogP contribution is -2.47. The van der Waals surface area contributed by atoms with Gasteiger partial charge in [-0.3, -0.25) is 9.48 Å². The molecule has 5 nitrogen and oxygen atoms in total. The van der Waals surface area contributed by atoms with Gasteiger partial charge in [0.25, 0.3) is 5.91 Å². The zero-order valence-electron chi connectivity index (χ0n) is 11.4. The molecule has 100 valence electrons. The van der Waals surface area contributed by atoms with Crippen molar-refractivity contribution < 1.29 is 4.79 Å². The number of hydrogen-bond donors (Lipinski definition) is 2. The average molecular weight is 250 g/mol. The number of aromatic nitrogens is 2. The van der Waals surface area contributed by atoms with Gasteiger partial charge in [0.05, 0.1) is 11.3 Å². The fraction of sp³-hybridized carbons (Fsp3) is 0.692. The summed E-state index contributed by atoms with van der Waals surface area (Å²) in [6.45, 7) is 5.88. The molecule has 0 bridgehead atoms. The van der Waals surface area contributed by atoms with Crippen molar-refractivity contribution in [2.75, 3.05) is 13.1 Å². The Bertz CT molecular complexity index is 432. The van der Waals surface area contributed by atoms with Crippen LogP contribution in [0.15, 0.2) is 6.20 Å². The molecule has 2 N–H and O–H groups in total. The number of hydrogen-bond acceptors (Lipinski definition) is 3. The molecule has 1 aromatic rings. The van der Waals surface area contributed by atoms with Crippen LogP contribution in [0.4, 0.5) is 0 Å². The number of amides is 1. The first-order chi connectivity index (χ1) is 8.54. The van der Waals surface area contributed by atoms with E-state index in [2.05, 4.69) is 22.7 Å². The molecule has 0 spiro atoms. The zero-order chi connectivity index (χ0) is 13.2. The van der Waals surface area contributed by atoms with Gasteiger partial charge >= 0.3 is 0 Å². The third-order valence-corrected chi connectivity index (χ3v) is 3.58. The first-order valence-electron chi connectivity index (χ1n) is 6.60. The minimum absolute atomic E-state index is 0.0186. The van der Waals surface area contributed by atoms with Gasteiger partial charge in [-0.25, -0.2) is 0 Å². The number of nitrogens with one attached hydrogen (secondary N) is 2. The fourth-order valence-electron chi connectivity index (χ4n) is 2.46. The molecular weight excluding hydrogens is 228 g/mol. The Morgan fingerprint density at radius 2 is 2.44 bits per heavy atom. The molecule has 18 heavy (non-hydrogen) atoms. The molecule has 1 atom stereocenters. The van der Waals surface area contributed by atoms with Crippen molar-refractivity contribution >= 4 is 5.91 Å². The standard InChI is InChI=1S/C13H22N4O/c1-4-11-10(8-17(3)16-11)12(18)14-9-13(2)6-5-7-15-13/h8,15H,4-7,9H2,1-3H3,(H,14,18). The smallest absolute Gasteiger partial charge is 0.254 e. The molecule has 5 heteroatoms. The monoisotopic (exact) mass is 250 g/mol. The van der Waals surface area contributed by atoms with E-state index in [-0.39, 0.29) is 11.4 Å². The van der Waals surface area contributed by atoms with Gasteiger partial charge in [-0.2, -0.15) is 5.10 Å². The molecule has 2 heterocycles. The van der Waals surface area contributed by atoms with Crippen LogP contribution in [0.1, 0.15) is 42.7 Å². The normalized spacial score (nSPS) is 23.3. The topological polar surface area (TPSA) is 59.0 Å². The molecule has 0 saturated carbocycles. The number of rotatable bonds is 4. The van der Waals surface area contributed by atoms with Crippen molar-refractivity contribution in [3.63, 3.8) is 0 Å². The van der Waals surface area contributed by atoms with Crippen LogP contribution in [0.3, 0.4) is 0 Å². The van der Waals surface area contributed by atoms with Crippen LogP contribution in [0, 0.1) is 0 Å². The van der Waals surface area contributed by atoms with E-state index >= 15 is 0 Å². The molecule has 0 aromatic carbocycles. The van der Waals surface area contributed by atoms with E-state index < -0.39 is 0 Å². The predicted molar refractivity (Wildman–Crippen MR) is 70.6 cm³/mol. The second kappa shape index (κ2) is 5.10. The summed E-state index contributed by atoms with van der Waals surface area (Å²) in [6.07, 6.45) is 4.86. The molecule has 1 saturated heterocycles. The summed E-state index contributed by atoms with van der Waals surface area (Å²) in [6, 6.07) is 0. The van der Waals surface area contributed by atoms with Crippen molar-refractivity contribution in [1.29, 1.82) is 0 Å². The van der Waals surface area contributed by atoms with Crippen LogP contribution >= 0.6 is 0 Å². The molecule has 2 rings (SSSR count). The van der Waals surface area contributed by atoms with E-state index in [0.29, 0.717) is 12.1 Å². The molecule has 1 aliphatic rings. The lowest BCUT2D eigenvalue weighted by molar-refractivity contribution is 0.0941. The summed E-state index contributed by atoms with van der Waals surface area (Å²) in [5.74, 6) is -0.0186. The highest BCUT2D eigenvalue weighted by atomic mass is 16.1. The van der Waals surface area contributed by atoms with Gasteiger partial charge in [-0.05, 0) is 32.7 Å². The summed E-state index contributed by atoms with van der Waals surface area (Å²) >= 11 is 0. The molecule has 0 aliphatic carbocycles. The SMILES string of the molecule is CCc1nn(C)cc1C(=O)NCC1(C)CCCN1. The quantitative estimate of drug-likeness (QED) is 0.833. The number of nitrogens with zero attached hydrogens (tertiary/aromatic N) is 2. The molecular formula is C13H22N4O. The summed E-state index contributed by atoms with van der Waals surface area (Å²) in [7, 11) is 1.84. The van der Waals surface area contributed by atoms with Gasteiger partial charge in [0.15, 0.2) is 0 Å². The third-order valence-electron chi connectivity index (χ3n) is 3.58. The second-order valence-corrected chi connectivity index (χ2v) is 5.29. The minimum atomic E-state index is -0.0186. The maximum atomic E-state index is 12.1. The van der Waals surface area contributed by atoms with E-state index in [1.54, 1.807) is 10.9 Å². The molecule has 1 fully saturated rings. The highest BCUT2D eigenvalue weighted by Gasteiger charge is 2.28. The Morgan fingerprint density at radius 3 is 3.06 bits per heavy atom. The Hall–Kier alpha value is -1.36. The Labute approximate surface area is 108 Å². The van der Waals surface area contributed by atoms with Gasteiger partial charge in [0.2, 0.25) is 0 Å². The maximum absolute atomic E-state index is 12.1. The maximum Gasteiger partial charge on any atom is 0.254 e. The average Bonchev–Trinajstić information content (AvgIpc) is 2.93. The van der Waals surface area contributed by atoms with Crippen LogP contribution in [0.5, 0.6) is 0 Å². The van der Waals surface area contributed by atoms with Crippen LogP contribution in [0.25, 0.3) is 0 Å². The Kier molecular flexibility index (Phi) is 3.71. The fourth-order valence-corrected chi connectivity index (χ4v) is 2.46. The van der Waals surface area contributed by atoms with E-state index in [4.69, 9.17) is 0 Å². The van der Waals surface area contributed by atoms with E-state index in [9.17, 15) is 4.79 Å². The van der Waals surface area contributed by atoms with E-state index in [1.165, 1.54) is 6.42 Å². The Morgan fingerprint density at radius 1 is 1.67 bits per heavy atom. The van der Waals surface area contributed by atoms with Crippen molar-refractivity contribution in [1.82, 2.24) is 20.4 Å². The van der Waals surface area contributed by atoms with E-state index in [1.807, 2.05) is 14.0 Å². The number of carbonyl (C=O) groups is 1. The van der Waals surface area contributed by atoms with Crippen LogP contribution in [-0.2, 0) is 13.5 Å². The summed E-state index contributed by atoms with van der Waals surface area (Å²) in [4.78, 5) is 12.1. The number of aryl methyl sites for hydroxylation is 2. The van der Waals surface area contributed by atoms with Crippen molar-refractivity contribution in [3.05, 3.63) is 17.5 Å². The third kappa shape index (κ3) is 2.72. The highest BCUT2D eigenvalue weighted by Crippen LogP contribution is 2.17. The first kappa shape index (κ1) is 13.1. The second-order valence-electron chi connectivity index (χ2n) is 5.29. The van der Waals surface area contributed by atoms with Crippen LogP contribution in [0.2, 0.25) is 0 Å². The number of carbonyl (C=O) groups excluding carboxylic acids is 1. The molecule has 1 amide bonds. The van der Waals surface area contributed by atoms with Crippen molar-refractivity contribution in [2.24, 2.45) is 7.05 Å². The summed E-state index contributed by atoms with van der Waals surface area (Å²) in [5.41, 5.74) is 1.60. The Balaban J connectivity index is 1.99. The van der Waals surface area contributed by atoms with Crippen molar-refractivity contribution in [2.45, 2.75) is 38.6 Å². The van der Waals surface area contributed by atoms with E-state index in [0.717, 1.165) is 25.1 Å².